The molecule has 0 saturated carbocycles. The minimum Gasteiger partial charge on any atom is -0.338 e. The second-order valence-corrected chi connectivity index (χ2v) is 5.42. The molecule has 1 aliphatic heterocycles. The van der Waals surface area contributed by atoms with Crippen LogP contribution in [0.1, 0.15) is 17.3 Å². The number of benzene rings is 1. The number of nitrogens with zero attached hydrogens (tertiary/aromatic N) is 4. The van der Waals surface area contributed by atoms with E-state index in [9.17, 15) is 4.39 Å². The van der Waals surface area contributed by atoms with Crippen LogP contribution in [-0.2, 0) is 13.1 Å². The second-order valence-electron chi connectivity index (χ2n) is 5.42. The zero-order valence-corrected chi connectivity index (χ0v) is 12.1. The maximum Gasteiger partial charge on any atom is 0.240 e. The Morgan fingerprint density at radius 1 is 1.14 bits per heavy atom. The molecular weight excluding hydrogens is 271 g/mol. The largest absolute Gasteiger partial charge is 0.338 e. The van der Waals surface area contributed by atoms with E-state index >= 15 is 0 Å². The number of aromatic nitrogens is 2. The predicted octanol–water partition coefficient (Wildman–Crippen LogP) is 1.83. The summed E-state index contributed by atoms with van der Waals surface area (Å²) in [4.78, 5) is 8.86. The van der Waals surface area contributed by atoms with Crippen molar-refractivity contribution in [3.05, 3.63) is 47.4 Å². The third kappa shape index (κ3) is 3.86. The second kappa shape index (κ2) is 6.32. The van der Waals surface area contributed by atoms with Gasteiger partial charge in [0, 0.05) is 32.7 Å². The van der Waals surface area contributed by atoms with E-state index < -0.39 is 0 Å². The summed E-state index contributed by atoms with van der Waals surface area (Å²) >= 11 is 0. The molecule has 2 heterocycles. The molecule has 0 N–H and O–H groups in total. The lowest BCUT2D eigenvalue weighted by atomic mass is 10.2. The van der Waals surface area contributed by atoms with E-state index in [-0.39, 0.29) is 5.82 Å². The first kappa shape index (κ1) is 14.2. The van der Waals surface area contributed by atoms with Crippen LogP contribution in [0.3, 0.4) is 0 Å². The van der Waals surface area contributed by atoms with E-state index in [1.165, 1.54) is 6.07 Å². The SMILES string of the molecule is Cc1noc(CN2CCN(Cc3cccc(F)c3)CC2)n1. The van der Waals surface area contributed by atoms with Crippen molar-refractivity contribution in [2.75, 3.05) is 26.2 Å². The van der Waals surface area contributed by atoms with Gasteiger partial charge in [-0.2, -0.15) is 4.98 Å². The minimum atomic E-state index is -0.169. The van der Waals surface area contributed by atoms with Gasteiger partial charge in [0.25, 0.3) is 0 Å². The van der Waals surface area contributed by atoms with Gasteiger partial charge >= 0.3 is 0 Å². The highest BCUT2D eigenvalue weighted by atomic mass is 19.1. The molecule has 1 aromatic heterocycles. The molecule has 3 rings (SSSR count). The molecule has 21 heavy (non-hydrogen) atoms. The van der Waals surface area contributed by atoms with Crippen LogP contribution in [0.25, 0.3) is 0 Å². The van der Waals surface area contributed by atoms with Crippen LogP contribution in [0, 0.1) is 12.7 Å². The van der Waals surface area contributed by atoms with Crippen LogP contribution in [0.15, 0.2) is 28.8 Å². The molecule has 1 aliphatic rings. The fraction of sp³-hybridized carbons (Fsp3) is 0.467. The number of aryl methyl sites for hydroxylation is 1. The zero-order chi connectivity index (χ0) is 14.7. The first-order valence-electron chi connectivity index (χ1n) is 7.17. The highest BCUT2D eigenvalue weighted by molar-refractivity contribution is 5.16. The van der Waals surface area contributed by atoms with Gasteiger partial charge in [0.05, 0.1) is 6.54 Å². The summed E-state index contributed by atoms with van der Waals surface area (Å²) in [5.74, 6) is 1.18. The summed E-state index contributed by atoms with van der Waals surface area (Å²) < 4.78 is 18.3. The third-order valence-electron chi connectivity index (χ3n) is 3.69. The molecule has 0 bridgehead atoms. The van der Waals surface area contributed by atoms with Crippen LogP contribution in [0.5, 0.6) is 0 Å². The van der Waals surface area contributed by atoms with Crippen molar-refractivity contribution in [1.29, 1.82) is 0 Å². The molecule has 1 saturated heterocycles. The summed E-state index contributed by atoms with van der Waals surface area (Å²) in [7, 11) is 0. The van der Waals surface area contributed by atoms with Gasteiger partial charge in [-0.3, -0.25) is 9.80 Å². The van der Waals surface area contributed by atoms with Gasteiger partial charge in [0.2, 0.25) is 5.89 Å². The van der Waals surface area contributed by atoms with Gasteiger partial charge in [-0.05, 0) is 24.6 Å². The Bertz CT molecular complexity index is 593. The number of hydrogen-bond acceptors (Lipinski definition) is 5. The lowest BCUT2D eigenvalue weighted by molar-refractivity contribution is 0.112. The highest BCUT2D eigenvalue weighted by Gasteiger charge is 2.19. The normalized spacial score (nSPS) is 17.2. The Morgan fingerprint density at radius 2 is 1.86 bits per heavy atom. The third-order valence-corrected chi connectivity index (χ3v) is 3.69. The summed E-state index contributed by atoms with van der Waals surface area (Å²) in [5.41, 5.74) is 1.02. The molecule has 0 unspecified atom stereocenters. The van der Waals surface area contributed by atoms with Crippen molar-refractivity contribution in [2.24, 2.45) is 0 Å². The van der Waals surface area contributed by atoms with Crippen molar-refractivity contribution in [1.82, 2.24) is 19.9 Å². The van der Waals surface area contributed by atoms with E-state index in [1.54, 1.807) is 12.1 Å². The average molecular weight is 290 g/mol. The Labute approximate surface area is 123 Å². The van der Waals surface area contributed by atoms with E-state index in [4.69, 9.17) is 4.52 Å². The van der Waals surface area contributed by atoms with Crippen LogP contribution < -0.4 is 0 Å². The van der Waals surface area contributed by atoms with Gasteiger partial charge in [0.15, 0.2) is 5.82 Å². The molecular formula is C15H19FN4O. The van der Waals surface area contributed by atoms with E-state index in [2.05, 4.69) is 19.9 Å². The van der Waals surface area contributed by atoms with Crippen LogP contribution in [0.4, 0.5) is 4.39 Å². The van der Waals surface area contributed by atoms with E-state index in [0.29, 0.717) is 18.3 Å². The van der Waals surface area contributed by atoms with Crippen molar-refractivity contribution in [3.8, 4) is 0 Å². The average Bonchev–Trinajstić information content (AvgIpc) is 2.86. The molecule has 0 aliphatic carbocycles. The molecule has 1 fully saturated rings. The van der Waals surface area contributed by atoms with Gasteiger partial charge in [-0.25, -0.2) is 4.39 Å². The zero-order valence-electron chi connectivity index (χ0n) is 12.1. The van der Waals surface area contributed by atoms with Crippen LogP contribution in [0.2, 0.25) is 0 Å². The monoisotopic (exact) mass is 290 g/mol. The highest BCUT2D eigenvalue weighted by Crippen LogP contribution is 2.11. The first-order valence-corrected chi connectivity index (χ1v) is 7.17. The minimum absolute atomic E-state index is 0.169. The molecule has 0 radical (unpaired) electrons. The summed E-state index contributed by atoms with van der Waals surface area (Å²) in [5, 5.41) is 3.80. The fourth-order valence-corrected chi connectivity index (χ4v) is 2.59. The van der Waals surface area contributed by atoms with Crippen molar-refractivity contribution >= 4 is 0 Å². The Kier molecular flexibility index (Phi) is 4.26. The maximum absolute atomic E-state index is 13.2. The Balaban J connectivity index is 1.48. The van der Waals surface area contributed by atoms with E-state index in [0.717, 1.165) is 38.3 Å². The molecule has 112 valence electrons. The topological polar surface area (TPSA) is 45.4 Å². The summed E-state index contributed by atoms with van der Waals surface area (Å²) in [6.45, 7) is 7.16. The Morgan fingerprint density at radius 3 is 2.48 bits per heavy atom. The maximum atomic E-state index is 13.2. The van der Waals surface area contributed by atoms with Gasteiger partial charge < -0.3 is 4.52 Å². The Hall–Kier alpha value is -1.79. The number of rotatable bonds is 4. The molecule has 1 aromatic carbocycles. The van der Waals surface area contributed by atoms with Gasteiger partial charge in [-0.15, -0.1) is 0 Å². The lowest BCUT2D eigenvalue weighted by Gasteiger charge is -2.33. The molecule has 2 aromatic rings. The van der Waals surface area contributed by atoms with E-state index in [1.807, 2.05) is 13.0 Å². The first-order chi connectivity index (χ1) is 10.2. The number of halogens is 1. The molecule has 0 atom stereocenters. The number of piperazine rings is 1. The lowest BCUT2D eigenvalue weighted by Crippen LogP contribution is -2.45. The summed E-state index contributed by atoms with van der Waals surface area (Å²) in [6.07, 6.45) is 0. The van der Waals surface area contributed by atoms with Gasteiger partial charge in [-0.1, -0.05) is 17.3 Å². The van der Waals surface area contributed by atoms with Crippen LogP contribution in [-0.4, -0.2) is 46.1 Å². The quantitative estimate of drug-likeness (QED) is 0.859. The van der Waals surface area contributed by atoms with Crippen molar-refractivity contribution in [3.63, 3.8) is 0 Å². The van der Waals surface area contributed by atoms with Crippen LogP contribution >= 0.6 is 0 Å². The molecule has 6 heteroatoms. The molecule has 0 amide bonds. The van der Waals surface area contributed by atoms with Crippen molar-refractivity contribution in [2.45, 2.75) is 20.0 Å². The smallest absolute Gasteiger partial charge is 0.240 e. The fourth-order valence-electron chi connectivity index (χ4n) is 2.59. The summed E-state index contributed by atoms with van der Waals surface area (Å²) in [6, 6.07) is 6.82. The standard InChI is InChI=1S/C15H19FN4O/c1-12-17-15(21-18-12)11-20-7-5-19(6-8-20)10-13-3-2-4-14(16)9-13/h2-4,9H,5-8,10-11H2,1H3. The predicted molar refractivity (Wildman–Crippen MR) is 76.0 cm³/mol. The van der Waals surface area contributed by atoms with Crippen molar-refractivity contribution < 1.29 is 8.91 Å². The number of hydrogen-bond donors (Lipinski definition) is 0. The molecule has 5 nitrogen and oxygen atoms in total. The molecule has 0 spiro atoms. The van der Waals surface area contributed by atoms with Gasteiger partial charge in [0.1, 0.15) is 5.82 Å².